The second kappa shape index (κ2) is 9.58. The van der Waals surface area contributed by atoms with Gasteiger partial charge in [0.25, 0.3) is 5.24 Å². The third-order valence-electron chi connectivity index (χ3n) is 3.52. The van der Waals surface area contributed by atoms with Gasteiger partial charge in [0.2, 0.25) is 0 Å². The highest BCUT2D eigenvalue weighted by Gasteiger charge is 2.31. The van der Waals surface area contributed by atoms with Crippen LogP contribution in [0.25, 0.3) is 6.08 Å². The smallest absolute Gasteiger partial charge is 0.305 e. The van der Waals surface area contributed by atoms with Crippen LogP contribution in [0.4, 0.5) is 4.79 Å². The van der Waals surface area contributed by atoms with E-state index in [4.69, 9.17) is 21.7 Å². The molecular weight excluding hydrogens is 358 g/mol. The summed E-state index contributed by atoms with van der Waals surface area (Å²) < 4.78 is 10.2. The molecule has 0 aromatic heterocycles. The van der Waals surface area contributed by atoms with Gasteiger partial charge in [0.05, 0.1) is 18.6 Å². The summed E-state index contributed by atoms with van der Waals surface area (Å²) >= 11 is 6.53. The molecule has 1 aromatic carbocycles. The third-order valence-corrected chi connectivity index (χ3v) is 5.01. The van der Waals surface area contributed by atoms with Crippen LogP contribution < -0.4 is 4.74 Å². The van der Waals surface area contributed by atoms with Crippen LogP contribution >= 0.6 is 24.0 Å². The zero-order valence-corrected chi connectivity index (χ0v) is 16.0. The highest BCUT2D eigenvalue weighted by molar-refractivity contribution is 8.19. The molecule has 0 bridgehead atoms. The minimum Gasteiger partial charge on any atom is -0.497 e. The number of nitrogens with zero attached hydrogens (tertiary/aromatic N) is 1. The molecule has 0 N–H and O–H groups in total. The van der Waals surface area contributed by atoms with Gasteiger partial charge in [-0.15, -0.1) is 0 Å². The molecule has 0 saturated carbocycles. The Morgan fingerprint density at radius 1 is 1.32 bits per heavy atom. The van der Waals surface area contributed by atoms with E-state index in [2.05, 4.69) is 0 Å². The predicted molar refractivity (Wildman–Crippen MR) is 104 cm³/mol. The molecule has 7 heteroatoms. The van der Waals surface area contributed by atoms with Crippen molar-refractivity contribution in [1.82, 2.24) is 4.90 Å². The van der Waals surface area contributed by atoms with Gasteiger partial charge < -0.3 is 9.47 Å². The molecule has 1 aliphatic heterocycles. The highest BCUT2D eigenvalue weighted by Crippen LogP contribution is 2.33. The van der Waals surface area contributed by atoms with Crippen LogP contribution in [0, 0.1) is 0 Å². The molecule has 25 heavy (non-hydrogen) atoms. The monoisotopic (exact) mass is 379 g/mol. The Bertz CT molecular complexity index is 670. The molecule has 1 aliphatic rings. The van der Waals surface area contributed by atoms with E-state index < -0.39 is 0 Å². The molecule has 1 amide bonds. The standard InChI is InChI=1S/C18H21NO4S2/c1-3-11-23-16(20)5-4-10-19-17(24)15(25-18(19)21)12-13-6-8-14(22-2)9-7-13/h6-9,12H,3-5,10-11H2,1-2H3. The fourth-order valence-corrected chi connectivity index (χ4v) is 3.50. The molecule has 0 radical (unpaired) electrons. The van der Waals surface area contributed by atoms with Crippen molar-refractivity contribution in [1.29, 1.82) is 0 Å². The molecule has 0 atom stereocenters. The Balaban J connectivity index is 1.92. The first-order valence-electron chi connectivity index (χ1n) is 8.10. The number of amides is 1. The van der Waals surface area contributed by atoms with Crippen LogP contribution in [-0.2, 0) is 9.53 Å². The zero-order valence-electron chi connectivity index (χ0n) is 14.3. The summed E-state index contributed by atoms with van der Waals surface area (Å²) in [4.78, 5) is 26.5. The SMILES string of the molecule is CCCOC(=O)CCCN1C(=O)SC(=Cc2ccc(OC)cc2)C1=S. The Morgan fingerprint density at radius 2 is 2.04 bits per heavy atom. The summed E-state index contributed by atoms with van der Waals surface area (Å²) in [6, 6.07) is 7.53. The summed E-state index contributed by atoms with van der Waals surface area (Å²) in [6.07, 6.45) is 3.51. The van der Waals surface area contributed by atoms with Crippen LogP contribution in [0.1, 0.15) is 31.7 Å². The summed E-state index contributed by atoms with van der Waals surface area (Å²) in [6.45, 7) is 2.80. The number of carbonyl (C=O) groups excluding carboxylic acids is 2. The van der Waals surface area contributed by atoms with Crippen molar-refractivity contribution in [2.75, 3.05) is 20.3 Å². The van der Waals surface area contributed by atoms with Gasteiger partial charge in [-0.1, -0.05) is 31.3 Å². The van der Waals surface area contributed by atoms with Crippen molar-refractivity contribution in [3.8, 4) is 5.75 Å². The largest absolute Gasteiger partial charge is 0.497 e. The van der Waals surface area contributed by atoms with E-state index in [9.17, 15) is 9.59 Å². The minimum absolute atomic E-state index is 0.105. The van der Waals surface area contributed by atoms with Gasteiger partial charge in [-0.2, -0.15) is 0 Å². The first-order valence-corrected chi connectivity index (χ1v) is 9.32. The number of hydrogen-bond donors (Lipinski definition) is 0. The van der Waals surface area contributed by atoms with E-state index in [0.717, 1.165) is 34.4 Å². The first-order chi connectivity index (χ1) is 12.0. The summed E-state index contributed by atoms with van der Waals surface area (Å²) in [5, 5.41) is -0.105. The van der Waals surface area contributed by atoms with E-state index in [1.807, 2.05) is 37.3 Å². The normalized spacial score (nSPS) is 15.8. The molecule has 1 heterocycles. The lowest BCUT2D eigenvalue weighted by Crippen LogP contribution is -2.28. The summed E-state index contributed by atoms with van der Waals surface area (Å²) in [7, 11) is 1.62. The maximum absolute atomic E-state index is 12.2. The number of hydrogen-bond acceptors (Lipinski definition) is 6. The van der Waals surface area contributed by atoms with E-state index in [1.165, 1.54) is 0 Å². The summed E-state index contributed by atoms with van der Waals surface area (Å²) in [5.41, 5.74) is 0.948. The lowest BCUT2D eigenvalue weighted by atomic mass is 10.2. The Kier molecular flexibility index (Phi) is 7.46. The number of thioether (sulfide) groups is 1. The maximum Gasteiger partial charge on any atom is 0.305 e. The lowest BCUT2D eigenvalue weighted by molar-refractivity contribution is -0.143. The fraction of sp³-hybridized carbons (Fsp3) is 0.389. The highest BCUT2D eigenvalue weighted by atomic mass is 32.2. The van der Waals surface area contributed by atoms with Crippen LogP contribution in [0.5, 0.6) is 5.75 Å². The van der Waals surface area contributed by atoms with Crippen molar-refractivity contribution in [3.05, 3.63) is 34.7 Å². The second-order valence-electron chi connectivity index (χ2n) is 5.43. The Hall–Kier alpha value is -1.86. The lowest BCUT2D eigenvalue weighted by Gasteiger charge is -2.14. The first kappa shape index (κ1) is 19.5. The molecule has 0 unspecified atom stereocenters. The molecule has 0 spiro atoms. The van der Waals surface area contributed by atoms with Gasteiger partial charge in [0.15, 0.2) is 0 Å². The van der Waals surface area contributed by atoms with Crippen LogP contribution in [0.3, 0.4) is 0 Å². The van der Waals surface area contributed by atoms with E-state index in [1.54, 1.807) is 12.0 Å². The van der Waals surface area contributed by atoms with Crippen molar-refractivity contribution < 1.29 is 19.1 Å². The van der Waals surface area contributed by atoms with Gasteiger partial charge in [0, 0.05) is 13.0 Å². The molecule has 1 saturated heterocycles. The number of methoxy groups -OCH3 is 1. The van der Waals surface area contributed by atoms with Gasteiger partial charge in [0.1, 0.15) is 10.7 Å². The molecule has 5 nitrogen and oxygen atoms in total. The van der Waals surface area contributed by atoms with E-state index in [0.29, 0.717) is 24.6 Å². The van der Waals surface area contributed by atoms with Gasteiger partial charge in [-0.25, -0.2) is 0 Å². The van der Waals surface area contributed by atoms with Crippen molar-refractivity contribution >= 4 is 46.3 Å². The zero-order chi connectivity index (χ0) is 18.2. The number of benzene rings is 1. The van der Waals surface area contributed by atoms with E-state index >= 15 is 0 Å². The number of ether oxygens (including phenoxy) is 2. The maximum atomic E-state index is 12.2. The summed E-state index contributed by atoms with van der Waals surface area (Å²) in [5.74, 6) is 0.539. The van der Waals surface area contributed by atoms with Crippen LogP contribution in [0.15, 0.2) is 29.2 Å². The molecule has 0 aliphatic carbocycles. The van der Waals surface area contributed by atoms with Crippen molar-refractivity contribution in [2.24, 2.45) is 0 Å². The average molecular weight is 380 g/mol. The fourth-order valence-electron chi connectivity index (χ4n) is 2.21. The Morgan fingerprint density at radius 3 is 2.68 bits per heavy atom. The quantitative estimate of drug-likeness (QED) is 0.382. The molecule has 134 valence electrons. The van der Waals surface area contributed by atoms with Crippen LogP contribution in [-0.4, -0.2) is 41.4 Å². The van der Waals surface area contributed by atoms with Crippen molar-refractivity contribution in [3.63, 3.8) is 0 Å². The van der Waals surface area contributed by atoms with Gasteiger partial charge in [-0.05, 0) is 48.4 Å². The molecule has 2 rings (SSSR count). The van der Waals surface area contributed by atoms with Crippen molar-refractivity contribution in [2.45, 2.75) is 26.2 Å². The van der Waals surface area contributed by atoms with Crippen LogP contribution in [0.2, 0.25) is 0 Å². The number of rotatable bonds is 8. The third kappa shape index (κ3) is 5.57. The Labute approximate surface area is 157 Å². The minimum atomic E-state index is -0.235. The number of esters is 1. The number of carbonyl (C=O) groups is 2. The molecular formula is C18H21NO4S2. The topological polar surface area (TPSA) is 55.8 Å². The average Bonchev–Trinajstić information content (AvgIpc) is 2.88. The van der Waals surface area contributed by atoms with Gasteiger partial charge >= 0.3 is 5.97 Å². The number of thiocarbonyl (C=S) groups is 1. The molecule has 1 fully saturated rings. The predicted octanol–water partition coefficient (Wildman–Crippen LogP) is 4.27. The molecule has 1 aromatic rings. The second-order valence-corrected chi connectivity index (χ2v) is 6.81. The van der Waals surface area contributed by atoms with E-state index in [-0.39, 0.29) is 17.6 Å². The van der Waals surface area contributed by atoms with Gasteiger partial charge in [-0.3, -0.25) is 14.5 Å².